The van der Waals surface area contributed by atoms with E-state index in [-0.39, 0.29) is 5.41 Å². The molecule has 16 heavy (non-hydrogen) atoms. The van der Waals surface area contributed by atoms with Crippen LogP contribution in [0.3, 0.4) is 0 Å². The molecule has 0 spiro atoms. The smallest absolute Gasteiger partial charge is 0.0461 e. The van der Waals surface area contributed by atoms with Gasteiger partial charge in [0.15, 0.2) is 0 Å². The van der Waals surface area contributed by atoms with Gasteiger partial charge in [0.25, 0.3) is 0 Å². The quantitative estimate of drug-likeness (QED) is 0.773. The van der Waals surface area contributed by atoms with Gasteiger partial charge in [0.05, 0.1) is 0 Å². The van der Waals surface area contributed by atoms with Crippen molar-refractivity contribution in [3.8, 4) is 0 Å². The molecule has 82 valence electrons. The van der Waals surface area contributed by atoms with Gasteiger partial charge in [-0.25, -0.2) is 0 Å². The number of aromatic nitrogens is 1. The average molecular weight is 211 g/mol. The minimum absolute atomic E-state index is 0.0696. The zero-order chi connectivity index (χ0) is 11.8. The first kappa shape index (κ1) is 10.7. The van der Waals surface area contributed by atoms with Crippen LogP contribution in [0.15, 0.2) is 25.3 Å². The van der Waals surface area contributed by atoms with Crippen molar-refractivity contribution < 1.29 is 0 Å². The van der Waals surface area contributed by atoms with Crippen molar-refractivity contribution in [2.45, 2.75) is 13.8 Å². The maximum atomic E-state index is 3.88. The second-order valence-electron chi connectivity index (χ2n) is 4.68. The minimum Gasteiger partial charge on any atom is -0.355 e. The van der Waals surface area contributed by atoms with Gasteiger partial charge in [-0.2, -0.15) is 0 Å². The third-order valence-corrected chi connectivity index (χ3v) is 2.85. The van der Waals surface area contributed by atoms with Gasteiger partial charge in [-0.3, -0.25) is 0 Å². The normalized spacial score (nSPS) is 16.6. The summed E-state index contributed by atoms with van der Waals surface area (Å²) in [6, 6.07) is 0. The van der Waals surface area contributed by atoms with Crippen molar-refractivity contribution in [1.82, 2.24) is 4.98 Å². The zero-order valence-electron chi connectivity index (χ0n) is 9.88. The van der Waals surface area contributed by atoms with Crippen LogP contribution < -0.4 is 10.6 Å². The van der Waals surface area contributed by atoms with Crippen molar-refractivity contribution in [3.05, 3.63) is 47.1 Å². The summed E-state index contributed by atoms with van der Waals surface area (Å²) >= 11 is 0. The van der Waals surface area contributed by atoms with Crippen LogP contribution in [0.4, 0.5) is 0 Å². The lowest BCUT2D eigenvalue weighted by Gasteiger charge is -2.12. The lowest BCUT2D eigenvalue weighted by molar-refractivity contribution is 0.671. The van der Waals surface area contributed by atoms with Gasteiger partial charge in [-0.15, -0.1) is 0 Å². The molecule has 1 heterocycles. The minimum atomic E-state index is 0.0696. The SMILES string of the molecule is C=Cc1[nH]c2c(c1C=C)=CC(C)(C)C=CC=2. The predicted molar refractivity (Wildman–Crippen MR) is 72.1 cm³/mol. The number of hydrogen-bond donors (Lipinski definition) is 1. The molecule has 1 N–H and O–H groups in total. The second kappa shape index (κ2) is 3.67. The van der Waals surface area contributed by atoms with Crippen molar-refractivity contribution in [2.75, 3.05) is 0 Å². The van der Waals surface area contributed by atoms with Gasteiger partial charge >= 0.3 is 0 Å². The Labute approximate surface area is 96.2 Å². The van der Waals surface area contributed by atoms with Crippen LogP contribution in [0.2, 0.25) is 0 Å². The Balaban J connectivity index is 2.88. The molecule has 1 aliphatic carbocycles. The van der Waals surface area contributed by atoms with Crippen LogP contribution in [0.1, 0.15) is 25.1 Å². The number of rotatable bonds is 2. The van der Waals surface area contributed by atoms with Gasteiger partial charge in [0.1, 0.15) is 0 Å². The van der Waals surface area contributed by atoms with E-state index in [1.165, 1.54) is 5.22 Å². The van der Waals surface area contributed by atoms with E-state index in [0.29, 0.717) is 0 Å². The van der Waals surface area contributed by atoms with E-state index in [1.807, 2.05) is 12.2 Å². The molecule has 0 saturated carbocycles. The molecular formula is C15H17N. The van der Waals surface area contributed by atoms with E-state index < -0.39 is 0 Å². The van der Waals surface area contributed by atoms with Crippen LogP contribution >= 0.6 is 0 Å². The molecule has 0 amide bonds. The van der Waals surface area contributed by atoms with E-state index in [1.54, 1.807) is 0 Å². The van der Waals surface area contributed by atoms with Crippen molar-refractivity contribution >= 4 is 24.3 Å². The first-order valence-electron chi connectivity index (χ1n) is 5.47. The second-order valence-corrected chi connectivity index (χ2v) is 4.68. The Morgan fingerprint density at radius 3 is 2.62 bits per heavy atom. The first-order chi connectivity index (χ1) is 7.57. The molecule has 1 nitrogen and oxygen atoms in total. The summed E-state index contributed by atoms with van der Waals surface area (Å²) in [5.74, 6) is 0. The van der Waals surface area contributed by atoms with Gasteiger partial charge < -0.3 is 4.98 Å². The Bertz CT molecular complexity index is 580. The van der Waals surface area contributed by atoms with Crippen LogP contribution in [0.5, 0.6) is 0 Å². The van der Waals surface area contributed by atoms with Crippen LogP contribution in [-0.2, 0) is 0 Å². The van der Waals surface area contributed by atoms with Gasteiger partial charge in [-0.05, 0) is 12.2 Å². The number of aromatic amines is 1. The molecule has 0 radical (unpaired) electrons. The van der Waals surface area contributed by atoms with Gasteiger partial charge in [0.2, 0.25) is 0 Å². The monoisotopic (exact) mass is 211 g/mol. The lowest BCUT2D eigenvalue weighted by atomic mass is 9.92. The fourth-order valence-electron chi connectivity index (χ4n) is 2.05. The Morgan fingerprint density at radius 2 is 2.00 bits per heavy atom. The highest BCUT2D eigenvalue weighted by molar-refractivity contribution is 5.65. The van der Waals surface area contributed by atoms with Gasteiger partial charge in [-0.1, -0.05) is 51.3 Å². The highest BCUT2D eigenvalue weighted by Crippen LogP contribution is 2.20. The van der Waals surface area contributed by atoms with E-state index in [4.69, 9.17) is 0 Å². The maximum Gasteiger partial charge on any atom is 0.0461 e. The average Bonchev–Trinajstić information content (AvgIpc) is 2.47. The molecule has 1 aromatic heterocycles. The Hall–Kier alpha value is -1.76. The predicted octanol–water partition coefficient (Wildman–Crippen LogP) is 2.46. The van der Waals surface area contributed by atoms with Crippen molar-refractivity contribution in [2.24, 2.45) is 5.41 Å². The van der Waals surface area contributed by atoms with Crippen molar-refractivity contribution in [3.63, 3.8) is 0 Å². The summed E-state index contributed by atoms with van der Waals surface area (Å²) in [5.41, 5.74) is 2.25. The Morgan fingerprint density at radius 1 is 1.25 bits per heavy atom. The van der Waals surface area contributed by atoms with E-state index >= 15 is 0 Å². The largest absolute Gasteiger partial charge is 0.355 e. The van der Waals surface area contributed by atoms with Crippen LogP contribution in [-0.4, -0.2) is 4.98 Å². The molecule has 0 saturated heterocycles. The Kier molecular flexibility index (Phi) is 2.47. The first-order valence-corrected chi connectivity index (χ1v) is 5.47. The third-order valence-electron chi connectivity index (χ3n) is 2.85. The number of hydrogen-bond acceptors (Lipinski definition) is 0. The summed E-state index contributed by atoms with van der Waals surface area (Å²) in [6.45, 7) is 12.1. The molecule has 0 aliphatic heterocycles. The number of fused-ring (bicyclic) bond motifs is 1. The number of allylic oxidation sites excluding steroid dienone is 2. The fraction of sp³-hybridized carbons (Fsp3) is 0.200. The van der Waals surface area contributed by atoms with E-state index in [2.05, 4.69) is 56.3 Å². The molecule has 0 aromatic carbocycles. The fourth-order valence-corrected chi connectivity index (χ4v) is 2.05. The number of H-pyrrole nitrogens is 1. The third kappa shape index (κ3) is 1.69. The molecule has 1 aromatic rings. The summed E-state index contributed by atoms with van der Waals surface area (Å²) in [7, 11) is 0. The molecule has 0 atom stereocenters. The van der Waals surface area contributed by atoms with E-state index in [9.17, 15) is 0 Å². The summed E-state index contributed by atoms with van der Waals surface area (Å²) in [5, 5.41) is 2.35. The molecule has 1 aliphatic rings. The molecule has 1 heteroatoms. The lowest BCUT2D eigenvalue weighted by Crippen LogP contribution is -2.25. The summed E-state index contributed by atoms with van der Waals surface area (Å²) < 4.78 is 0. The standard InChI is InChI=1S/C15H17N/c1-5-11-12-10-15(3,4)9-7-8-14(12)16-13(11)6-2/h5-10,16H,1-2H2,3-4H3. The molecule has 0 bridgehead atoms. The molecule has 0 fully saturated rings. The van der Waals surface area contributed by atoms with Crippen LogP contribution in [0, 0.1) is 5.41 Å². The zero-order valence-corrected chi connectivity index (χ0v) is 9.88. The highest BCUT2D eigenvalue weighted by Gasteiger charge is 2.13. The van der Waals surface area contributed by atoms with Crippen molar-refractivity contribution in [1.29, 1.82) is 0 Å². The topological polar surface area (TPSA) is 15.8 Å². The van der Waals surface area contributed by atoms with Crippen LogP contribution in [0.25, 0.3) is 24.3 Å². The van der Waals surface area contributed by atoms with E-state index in [0.717, 1.165) is 16.6 Å². The molecule has 2 rings (SSSR count). The highest BCUT2D eigenvalue weighted by atomic mass is 14.7. The number of nitrogens with one attached hydrogen (secondary N) is 1. The molecule has 0 unspecified atom stereocenters. The summed E-state index contributed by atoms with van der Waals surface area (Å²) in [4.78, 5) is 3.35. The van der Waals surface area contributed by atoms with Gasteiger partial charge in [0, 0.05) is 27.2 Å². The maximum absolute atomic E-state index is 3.88. The molecular weight excluding hydrogens is 194 g/mol. The summed E-state index contributed by atoms with van der Waals surface area (Å²) in [6.07, 6.45) is 12.4.